The Bertz CT molecular complexity index is 471. The molecule has 2 rings (SSSR count). The molecule has 1 aromatic carbocycles. The Kier molecular flexibility index (Phi) is 3.02. The van der Waals surface area contributed by atoms with Crippen molar-refractivity contribution in [1.82, 2.24) is 0 Å². The number of aromatic hydroxyl groups is 1. The van der Waals surface area contributed by atoms with Crippen molar-refractivity contribution in [3.05, 3.63) is 16.7 Å². The van der Waals surface area contributed by atoms with Crippen LogP contribution in [0.1, 0.15) is 18.4 Å². The number of phenolic OH excluding ortho intramolecular Hbond substituents is 1. The molecule has 0 aromatic heterocycles. The van der Waals surface area contributed by atoms with Gasteiger partial charge in [-0.25, -0.2) is 0 Å². The summed E-state index contributed by atoms with van der Waals surface area (Å²) in [6.45, 7) is 2.13. The summed E-state index contributed by atoms with van der Waals surface area (Å²) in [7, 11) is 0. The maximum Gasteiger partial charge on any atom is 0.310 e. The van der Waals surface area contributed by atoms with Gasteiger partial charge in [-0.2, -0.15) is 0 Å². The van der Waals surface area contributed by atoms with Crippen LogP contribution in [0.2, 0.25) is 5.02 Å². The van der Waals surface area contributed by atoms with E-state index >= 15 is 0 Å². The van der Waals surface area contributed by atoms with E-state index in [0.29, 0.717) is 19.0 Å². The van der Waals surface area contributed by atoms with Gasteiger partial charge in [0.25, 0.3) is 0 Å². The fourth-order valence-corrected chi connectivity index (χ4v) is 1.90. The topological polar surface area (TPSA) is 76.0 Å². The van der Waals surface area contributed by atoms with Gasteiger partial charge in [-0.3, -0.25) is 4.79 Å². The molecule has 0 saturated heterocycles. The molecule has 1 heterocycles. The highest BCUT2D eigenvalue weighted by Crippen LogP contribution is 2.46. The number of fused-ring (bicyclic) bond motifs is 1. The second kappa shape index (κ2) is 4.33. The van der Waals surface area contributed by atoms with Gasteiger partial charge in [-0.05, 0) is 6.92 Å². The van der Waals surface area contributed by atoms with Crippen molar-refractivity contribution in [1.29, 1.82) is 0 Å². The third kappa shape index (κ3) is 1.98. The van der Waals surface area contributed by atoms with Crippen LogP contribution < -0.4 is 9.47 Å². The Labute approximate surface area is 103 Å². The first kappa shape index (κ1) is 11.9. The van der Waals surface area contributed by atoms with Crippen molar-refractivity contribution in [2.75, 3.05) is 13.2 Å². The molecule has 0 aliphatic carbocycles. The van der Waals surface area contributed by atoms with Gasteiger partial charge in [-0.1, -0.05) is 11.6 Å². The first-order chi connectivity index (χ1) is 8.02. The van der Waals surface area contributed by atoms with Crippen LogP contribution in [0.5, 0.6) is 17.2 Å². The average Bonchev–Trinajstić information content (AvgIpc) is 2.30. The minimum Gasteiger partial charge on any atom is -0.506 e. The summed E-state index contributed by atoms with van der Waals surface area (Å²) in [6, 6.07) is 1.42. The lowest BCUT2D eigenvalue weighted by Crippen LogP contribution is -2.19. The minimum atomic E-state index is -1.07. The number of carboxylic acids is 1. The second-order valence-electron chi connectivity index (χ2n) is 3.70. The second-order valence-corrected chi connectivity index (χ2v) is 4.11. The average molecular weight is 259 g/mol. The number of ether oxygens (including phenoxy) is 2. The molecule has 2 N–H and O–H groups in total. The van der Waals surface area contributed by atoms with Gasteiger partial charge in [0.1, 0.15) is 19.0 Å². The van der Waals surface area contributed by atoms with E-state index in [1.165, 1.54) is 13.0 Å². The van der Waals surface area contributed by atoms with E-state index in [1.54, 1.807) is 0 Å². The predicted octanol–water partition coefficient (Wildman–Crippen LogP) is 2.00. The van der Waals surface area contributed by atoms with Crippen molar-refractivity contribution >= 4 is 17.6 Å². The molecule has 0 radical (unpaired) electrons. The molecule has 0 spiro atoms. The molecule has 1 aromatic rings. The Morgan fingerprint density at radius 2 is 2.12 bits per heavy atom. The largest absolute Gasteiger partial charge is 0.506 e. The first-order valence-electron chi connectivity index (χ1n) is 5.06. The summed E-state index contributed by atoms with van der Waals surface area (Å²) in [6.07, 6.45) is 0. The van der Waals surface area contributed by atoms with Crippen LogP contribution in [0.25, 0.3) is 0 Å². The van der Waals surface area contributed by atoms with Crippen molar-refractivity contribution in [3.63, 3.8) is 0 Å². The zero-order valence-electron chi connectivity index (χ0n) is 9.07. The summed E-state index contributed by atoms with van der Waals surface area (Å²) in [4.78, 5) is 11.0. The maximum absolute atomic E-state index is 11.0. The zero-order valence-corrected chi connectivity index (χ0v) is 9.82. The number of halogens is 1. The van der Waals surface area contributed by atoms with Crippen molar-refractivity contribution < 1.29 is 24.5 Å². The SMILES string of the molecule is CC(C(=O)O)c1c(O)c(Cl)cc2c1OCCO2. The Morgan fingerprint density at radius 1 is 1.47 bits per heavy atom. The lowest BCUT2D eigenvalue weighted by Gasteiger charge is -2.23. The molecule has 92 valence electrons. The van der Waals surface area contributed by atoms with Gasteiger partial charge in [0.2, 0.25) is 0 Å². The van der Waals surface area contributed by atoms with Crippen LogP contribution in [-0.4, -0.2) is 29.4 Å². The predicted molar refractivity (Wildman–Crippen MR) is 60.2 cm³/mol. The monoisotopic (exact) mass is 258 g/mol. The highest BCUT2D eigenvalue weighted by atomic mass is 35.5. The van der Waals surface area contributed by atoms with Gasteiger partial charge in [-0.15, -0.1) is 0 Å². The number of aliphatic carboxylic acids is 1. The molecule has 0 fully saturated rings. The fourth-order valence-electron chi connectivity index (χ4n) is 1.69. The normalized spacial score (nSPS) is 15.4. The minimum absolute atomic E-state index is 0.0531. The molecule has 1 aliphatic rings. The molecule has 1 aliphatic heterocycles. The molecule has 5 nitrogen and oxygen atoms in total. The Balaban J connectivity index is 2.62. The lowest BCUT2D eigenvalue weighted by molar-refractivity contribution is -0.138. The number of rotatable bonds is 2. The summed E-state index contributed by atoms with van der Waals surface area (Å²) in [5.74, 6) is -1.65. The number of carboxylic acid groups (broad SMARTS) is 1. The van der Waals surface area contributed by atoms with E-state index in [0.717, 1.165) is 0 Å². The van der Waals surface area contributed by atoms with Crippen LogP contribution in [0, 0.1) is 0 Å². The molecular formula is C11H11ClO5. The standard InChI is InChI=1S/C11H11ClO5/c1-5(11(14)15)8-9(13)6(12)4-7-10(8)17-3-2-16-7/h4-5,13H,2-3H2,1H3,(H,14,15). The lowest BCUT2D eigenvalue weighted by atomic mass is 9.98. The third-order valence-corrected chi connectivity index (χ3v) is 2.89. The quantitative estimate of drug-likeness (QED) is 0.849. The Hall–Kier alpha value is -1.62. The molecule has 0 bridgehead atoms. The number of hydrogen-bond donors (Lipinski definition) is 2. The summed E-state index contributed by atoms with van der Waals surface area (Å²) in [5.41, 5.74) is 0.153. The van der Waals surface area contributed by atoms with E-state index in [9.17, 15) is 9.90 Å². The molecule has 17 heavy (non-hydrogen) atoms. The highest BCUT2D eigenvalue weighted by molar-refractivity contribution is 6.32. The molecule has 6 heteroatoms. The molecule has 1 unspecified atom stereocenters. The van der Waals surface area contributed by atoms with Crippen molar-refractivity contribution in [2.45, 2.75) is 12.8 Å². The van der Waals surface area contributed by atoms with Crippen LogP contribution in [0.4, 0.5) is 0 Å². The van der Waals surface area contributed by atoms with E-state index in [2.05, 4.69) is 0 Å². The van der Waals surface area contributed by atoms with Crippen molar-refractivity contribution in [2.24, 2.45) is 0 Å². The summed E-state index contributed by atoms with van der Waals surface area (Å²) >= 11 is 5.82. The van der Waals surface area contributed by atoms with Crippen LogP contribution >= 0.6 is 11.6 Å². The summed E-state index contributed by atoms with van der Waals surface area (Å²) < 4.78 is 10.7. The number of carbonyl (C=O) groups is 1. The van der Waals surface area contributed by atoms with Gasteiger partial charge < -0.3 is 19.7 Å². The summed E-state index contributed by atoms with van der Waals surface area (Å²) in [5, 5.41) is 18.9. The third-order valence-electron chi connectivity index (χ3n) is 2.60. The van der Waals surface area contributed by atoms with E-state index in [4.69, 9.17) is 26.2 Å². The number of hydrogen-bond acceptors (Lipinski definition) is 4. The van der Waals surface area contributed by atoms with Crippen LogP contribution in [0.3, 0.4) is 0 Å². The van der Waals surface area contributed by atoms with E-state index in [1.807, 2.05) is 0 Å². The molecule has 1 atom stereocenters. The van der Waals surface area contributed by atoms with E-state index in [-0.39, 0.29) is 22.1 Å². The number of phenols is 1. The van der Waals surface area contributed by atoms with Gasteiger partial charge in [0.15, 0.2) is 11.5 Å². The van der Waals surface area contributed by atoms with Gasteiger partial charge in [0.05, 0.1) is 16.5 Å². The molecular weight excluding hydrogens is 248 g/mol. The number of benzene rings is 1. The van der Waals surface area contributed by atoms with Crippen LogP contribution in [-0.2, 0) is 4.79 Å². The van der Waals surface area contributed by atoms with Gasteiger partial charge >= 0.3 is 5.97 Å². The molecule has 0 saturated carbocycles. The zero-order chi connectivity index (χ0) is 12.6. The smallest absolute Gasteiger partial charge is 0.310 e. The Morgan fingerprint density at radius 3 is 2.76 bits per heavy atom. The van der Waals surface area contributed by atoms with Crippen molar-refractivity contribution in [3.8, 4) is 17.2 Å². The van der Waals surface area contributed by atoms with Crippen LogP contribution in [0.15, 0.2) is 6.07 Å². The van der Waals surface area contributed by atoms with E-state index < -0.39 is 11.9 Å². The highest BCUT2D eigenvalue weighted by Gasteiger charge is 2.29. The molecule has 0 amide bonds. The maximum atomic E-state index is 11.0. The first-order valence-corrected chi connectivity index (χ1v) is 5.44. The van der Waals surface area contributed by atoms with Gasteiger partial charge in [0, 0.05) is 6.07 Å². The fraction of sp³-hybridized carbons (Fsp3) is 0.364.